The molecular weight excluding hydrogens is 210 g/mol. The van der Waals surface area contributed by atoms with Gasteiger partial charge in [-0.1, -0.05) is 38.1 Å². The van der Waals surface area contributed by atoms with Crippen LogP contribution in [-0.4, -0.2) is 10.2 Å². The molecule has 1 aromatic carbocycles. The van der Waals surface area contributed by atoms with Crippen LogP contribution in [0.25, 0.3) is 0 Å². The summed E-state index contributed by atoms with van der Waals surface area (Å²) in [6.45, 7) is 4.45. The fourth-order valence-corrected chi connectivity index (χ4v) is 1.96. The summed E-state index contributed by atoms with van der Waals surface area (Å²) < 4.78 is 0. The molecule has 0 spiro atoms. The van der Waals surface area contributed by atoms with Gasteiger partial charge in [-0.2, -0.15) is 5.10 Å². The number of rotatable bonds is 4. The van der Waals surface area contributed by atoms with Crippen molar-refractivity contribution in [1.82, 2.24) is 10.2 Å². The average molecular weight is 229 g/mol. The van der Waals surface area contributed by atoms with Crippen molar-refractivity contribution in [3.63, 3.8) is 0 Å². The van der Waals surface area contributed by atoms with Crippen molar-refractivity contribution in [2.45, 2.75) is 26.3 Å². The molecule has 90 valence electrons. The molecule has 0 aliphatic rings. The normalized spacial score (nSPS) is 12.9. The van der Waals surface area contributed by atoms with Crippen molar-refractivity contribution >= 4 is 0 Å². The summed E-state index contributed by atoms with van der Waals surface area (Å²) in [7, 11) is 0. The van der Waals surface area contributed by atoms with E-state index in [4.69, 9.17) is 5.73 Å². The highest BCUT2D eigenvalue weighted by Crippen LogP contribution is 2.19. The Kier molecular flexibility index (Phi) is 3.59. The summed E-state index contributed by atoms with van der Waals surface area (Å²) >= 11 is 0. The quantitative estimate of drug-likeness (QED) is 0.846. The predicted octanol–water partition coefficient (Wildman–Crippen LogP) is 2.66. The molecule has 2 rings (SSSR count). The summed E-state index contributed by atoms with van der Waals surface area (Å²) in [6, 6.07) is 8.44. The number of benzene rings is 1. The Labute approximate surface area is 102 Å². The van der Waals surface area contributed by atoms with E-state index in [9.17, 15) is 0 Å². The van der Waals surface area contributed by atoms with E-state index < -0.39 is 0 Å². The maximum absolute atomic E-state index is 6.15. The molecule has 0 aliphatic heterocycles. The average Bonchev–Trinajstić information content (AvgIpc) is 2.82. The molecule has 1 heterocycles. The first-order chi connectivity index (χ1) is 8.16. The van der Waals surface area contributed by atoms with Gasteiger partial charge in [-0.15, -0.1) is 0 Å². The van der Waals surface area contributed by atoms with Gasteiger partial charge in [-0.05, 0) is 23.5 Å². The topological polar surface area (TPSA) is 54.7 Å². The van der Waals surface area contributed by atoms with E-state index in [1.807, 2.05) is 6.20 Å². The van der Waals surface area contributed by atoms with Crippen LogP contribution in [0.5, 0.6) is 0 Å². The van der Waals surface area contributed by atoms with Crippen LogP contribution in [0.4, 0.5) is 0 Å². The van der Waals surface area contributed by atoms with Gasteiger partial charge in [0.2, 0.25) is 0 Å². The summed E-state index contributed by atoms with van der Waals surface area (Å²) in [5.41, 5.74) is 9.66. The Morgan fingerprint density at radius 3 is 2.41 bits per heavy atom. The summed E-state index contributed by atoms with van der Waals surface area (Å²) in [6.07, 6.45) is 4.72. The molecule has 3 nitrogen and oxygen atoms in total. The highest BCUT2D eigenvalue weighted by atomic mass is 15.1. The van der Waals surface area contributed by atoms with Gasteiger partial charge < -0.3 is 5.73 Å². The first-order valence-corrected chi connectivity index (χ1v) is 6.00. The number of hydrogen-bond acceptors (Lipinski definition) is 2. The van der Waals surface area contributed by atoms with Crippen molar-refractivity contribution in [3.05, 3.63) is 53.3 Å². The Bertz CT molecular complexity index is 443. The minimum absolute atomic E-state index is 0.0955. The largest absolute Gasteiger partial charge is 0.320 e. The van der Waals surface area contributed by atoms with E-state index in [1.165, 1.54) is 5.56 Å². The lowest BCUT2D eigenvalue weighted by atomic mass is 9.98. The first-order valence-electron chi connectivity index (χ1n) is 6.00. The van der Waals surface area contributed by atoms with E-state index in [0.717, 1.165) is 17.5 Å². The Morgan fingerprint density at radius 2 is 1.88 bits per heavy atom. The highest BCUT2D eigenvalue weighted by Gasteiger charge is 2.09. The second-order valence-corrected chi connectivity index (χ2v) is 4.85. The zero-order valence-corrected chi connectivity index (χ0v) is 10.4. The lowest BCUT2D eigenvalue weighted by Gasteiger charge is -2.11. The zero-order valence-electron chi connectivity index (χ0n) is 10.4. The van der Waals surface area contributed by atoms with Crippen LogP contribution in [0.2, 0.25) is 0 Å². The van der Waals surface area contributed by atoms with Crippen molar-refractivity contribution < 1.29 is 0 Å². The molecule has 1 aromatic heterocycles. The van der Waals surface area contributed by atoms with Crippen LogP contribution in [0, 0.1) is 5.92 Å². The number of nitrogens with zero attached hydrogens (tertiary/aromatic N) is 1. The molecule has 3 N–H and O–H groups in total. The molecule has 0 saturated heterocycles. The number of aromatic nitrogens is 2. The number of hydrogen-bond donors (Lipinski definition) is 2. The van der Waals surface area contributed by atoms with Crippen molar-refractivity contribution in [1.29, 1.82) is 0 Å². The van der Waals surface area contributed by atoms with Crippen LogP contribution in [0.3, 0.4) is 0 Å². The van der Waals surface area contributed by atoms with Gasteiger partial charge >= 0.3 is 0 Å². The van der Waals surface area contributed by atoms with Crippen LogP contribution >= 0.6 is 0 Å². The Morgan fingerprint density at radius 1 is 1.18 bits per heavy atom. The molecule has 0 fully saturated rings. The number of H-pyrrole nitrogens is 1. The van der Waals surface area contributed by atoms with Crippen LogP contribution < -0.4 is 5.73 Å². The van der Waals surface area contributed by atoms with Gasteiger partial charge in [0.15, 0.2) is 0 Å². The summed E-state index contributed by atoms with van der Waals surface area (Å²) in [5, 5.41) is 6.71. The van der Waals surface area contributed by atoms with E-state index in [1.54, 1.807) is 6.20 Å². The maximum Gasteiger partial charge on any atom is 0.0582 e. The molecule has 0 radical (unpaired) electrons. The molecule has 1 unspecified atom stereocenters. The molecular formula is C14H19N3. The molecule has 0 bridgehead atoms. The predicted molar refractivity (Wildman–Crippen MR) is 69.6 cm³/mol. The van der Waals surface area contributed by atoms with E-state index in [-0.39, 0.29) is 6.04 Å². The smallest absolute Gasteiger partial charge is 0.0582 e. The molecule has 0 saturated carbocycles. The third-order valence-corrected chi connectivity index (χ3v) is 2.86. The third kappa shape index (κ3) is 2.94. The fraction of sp³-hybridized carbons (Fsp3) is 0.357. The lowest BCUT2D eigenvalue weighted by Crippen LogP contribution is -2.11. The Balaban J connectivity index is 2.12. The number of nitrogens with two attached hydrogens (primary N) is 1. The number of aromatic amines is 1. The Hall–Kier alpha value is -1.61. The summed E-state index contributed by atoms with van der Waals surface area (Å²) in [4.78, 5) is 0. The van der Waals surface area contributed by atoms with E-state index in [2.05, 4.69) is 48.3 Å². The minimum Gasteiger partial charge on any atom is -0.320 e. The maximum atomic E-state index is 6.15. The second kappa shape index (κ2) is 5.15. The van der Waals surface area contributed by atoms with Gasteiger partial charge in [0.05, 0.1) is 12.2 Å². The molecule has 2 aromatic rings. The minimum atomic E-state index is -0.0955. The van der Waals surface area contributed by atoms with Crippen LogP contribution in [-0.2, 0) is 6.42 Å². The molecule has 0 aliphatic carbocycles. The van der Waals surface area contributed by atoms with Gasteiger partial charge in [-0.25, -0.2) is 0 Å². The lowest BCUT2D eigenvalue weighted by molar-refractivity contribution is 0.647. The molecule has 3 heteroatoms. The number of nitrogens with one attached hydrogen (secondary N) is 1. The highest BCUT2D eigenvalue weighted by molar-refractivity contribution is 5.31. The van der Waals surface area contributed by atoms with Gasteiger partial charge in [0.25, 0.3) is 0 Å². The first kappa shape index (κ1) is 11.9. The standard InChI is InChI=1S/C14H19N3/c1-10(2)7-11-3-5-12(6-4-11)14(15)13-8-16-17-9-13/h3-6,8-10,14H,7,15H2,1-2H3,(H,16,17). The molecule has 1 atom stereocenters. The monoisotopic (exact) mass is 229 g/mol. The van der Waals surface area contributed by atoms with E-state index >= 15 is 0 Å². The zero-order chi connectivity index (χ0) is 12.3. The van der Waals surface area contributed by atoms with Gasteiger partial charge in [0.1, 0.15) is 0 Å². The van der Waals surface area contributed by atoms with Gasteiger partial charge in [-0.3, -0.25) is 5.10 Å². The van der Waals surface area contributed by atoms with Crippen molar-refractivity contribution in [2.75, 3.05) is 0 Å². The van der Waals surface area contributed by atoms with E-state index in [0.29, 0.717) is 5.92 Å². The fourth-order valence-electron chi connectivity index (χ4n) is 1.96. The van der Waals surface area contributed by atoms with Crippen LogP contribution in [0.15, 0.2) is 36.7 Å². The third-order valence-electron chi connectivity index (χ3n) is 2.86. The second-order valence-electron chi connectivity index (χ2n) is 4.85. The van der Waals surface area contributed by atoms with Crippen molar-refractivity contribution in [3.8, 4) is 0 Å². The van der Waals surface area contributed by atoms with Gasteiger partial charge in [0, 0.05) is 11.8 Å². The summed E-state index contributed by atoms with van der Waals surface area (Å²) in [5.74, 6) is 0.684. The molecule has 17 heavy (non-hydrogen) atoms. The SMILES string of the molecule is CC(C)Cc1ccc(C(N)c2cn[nH]c2)cc1. The molecule has 0 amide bonds. The van der Waals surface area contributed by atoms with Crippen molar-refractivity contribution in [2.24, 2.45) is 11.7 Å². The van der Waals surface area contributed by atoms with Crippen LogP contribution in [0.1, 0.15) is 36.6 Å².